The van der Waals surface area contributed by atoms with Crippen LogP contribution in [0.5, 0.6) is 0 Å². The molecule has 3 saturated heterocycles. The minimum atomic E-state index is -0.156. The van der Waals surface area contributed by atoms with Crippen molar-refractivity contribution in [3.05, 3.63) is 0 Å². The predicted molar refractivity (Wildman–Crippen MR) is 92.3 cm³/mol. The van der Waals surface area contributed by atoms with Crippen molar-refractivity contribution in [1.82, 2.24) is 24.9 Å². The summed E-state index contributed by atoms with van der Waals surface area (Å²) in [4.78, 5) is 34.0. The van der Waals surface area contributed by atoms with Gasteiger partial charge in [0.15, 0.2) is 6.17 Å². The van der Waals surface area contributed by atoms with E-state index in [4.69, 9.17) is 0 Å². The molecule has 5 fully saturated rings. The zero-order valence-electron chi connectivity index (χ0n) is 14.9. The molecule has 0 spiro atoms. The van der Waals surface area contributed by atoms with Crippen molar-refractivity contribution in [2.75, 3.05) is 13.3 Å². The molecule has 5 aliphatic rings. The van der Waals surface area contributed by atoms with E-state index < -0.39 is 0 Å². The van der Waals surface area contributed by atoms with E-state index in [-0.39, 0.29) is 24.4 Å². The molecule has 0 radical (unpaired) electrons. The first-order chi connectivity index (χ1) is 12.2. The van der Waals surface area contributed by atoms with Gasteiger partial charge in [0.1, 0.15) is 6.17 Å². The molecule has 5 rings (SSSR count). The smallest absolute Gasteiger partial charge is 0.314 e. The first kappa shape index (κ1) is 15.7. The van der Waals surface area contributed by atoms with Gasteiger partial charge in [-0.3, -0.25) is 19.6 Å². The quantitative estimate of drug-likeness (QED) is 0.834. The summed E-state index contributed by atoms with van der Waals surface area (Å²) in [7, 11) is 0. The van der Waals surface area contributed by atoms with Crippen LogP contribution in [-0.4, -0.2) is 69.4 Å². The maximum Gasteiger partial charge on any atom is 0.324 e. The van der Waals surface area contributed by atoms with E-state index in [1.54, 1.807) is 0 Å². The summed E-state index contributed by atoms with van der Waals surface area (Å²) in [6.45, 7) is 1.35. The van der Waals surface area contributed by atoms with Crippen molar-refractivity contribution >= 4 is 12.1 Å². The van der Waals surface area contributed by atoms with Crippen LogP contribution in [0.25, 0.3) is 0 Å². The average Bonchev–Trinajstić information content (AvgIpc) is 3.13. The minimum Gasteiger partial charge on any atom is -0.314 e. The van der Waals surface area contributed by atoms with E-state index in [1.165, 1.54) is 51.4 Å². The molecule has 3 heterocycles. The Labute approximate surface area is 149 Å². The Morgan fingerprint density at radius 1 is 0.760 bits per heavy atom. The highest BCUT2D eigenvalue weighted by Crippen LogP contribution is 2.38. The molecule has 4 amide bonds. The van der Waals surface area contributed by atoms with E-state index in [9.17, 15) is 9.59 Å². The van der Waals surface area contributed by atoms with Gasteiger partial charge in [0.25, 0.3) is 0 Å². The molecule has 7 nitrogen and oxygen atoms in total. The number of hydrogen-bond donors (Lipinski definition) is 1. The third kappa shape index (κ3) is 2.42. The Balaban J connectivity index is 1.40. The largest absolute Gasteiger partial charge is 0.324 e. The topological polar surface area (TPSA) is 59.1 Å². The lowest BCUT2D eigenvalue weighted by Crippen LogP contribution is -2.62. The molecule has 2 atom stereocenters. The summed E-state index contributed by atoms with van der Waals surface area (Å²) in [6, 6.07) is 0.930. The van der Waals surface area contributed by atoms with Crippen molar-refractivity contribution < 1.29 is 9.59 Å². The molecule has 2 aliphatic carbocycles. The molecule has 2 saturated carbocycles. The summed E-state index contributed by atoms with van der Waals surface area (Å²) >= 11 is 0. The average molecular weight is 347 g/mol. The standard InChI is InChI=1S/C18H29N5O2/c24-17-19-15-16-21(17)11-20(13-7-3-1-4-8-13)12-22(16)18(25)23(15)14-9-5-2-6-10-14/h13-16H,1-12H2,(H,19,24)/t15-,16+/m0/s1. The highest BCUT2D eigenvalue weighted by atomic mass is 16.2. The number of nitrogens with zero attached hydrogens (tertiary/aromatic N) is 4. The van der Waals surface area contributed by atoms with Crippen molar-refractivity contribution in [2.24, 2.45) is 0 Å². The third-order valence-corrected chi connectivity index (χ3v) is 6.95. The van der Waals surface area contributed by atoms with E-state index in [0.29, 0.717) is 25.4 Å². The molecule has 0 unspecified atom stereocenters. The predicted octanol–water partition coefficient (Wildman–Crippen LogP) is 2.30. The molecule has 3 aliphatic heterocycles. The van der Waals surface area contributed by atoms with Crippen LogP contribution in [0, 0.1) is 0 Å². The molecule has 25 heavy (non-hydrogen) atoms. The summed E-state index contributed by atoms with van der Waals surface area (Å²) in [5, 5.41) is 3.11. The number of carbonyl (C=O) groups is 2. The van der Waals surface area contributed by atoms with Crippen LogP contribution >= 0.6 is 0 Å². The van der Waals surface area contributed by atoms with E-state index in [1.807, 2.05) is 14.7 Å². The van der Waals surface area contributed by atoms with Crippen LogP contribution in [-0.2, 0) is 0 Å². The zero-order chi connectivity index (χ0) is 17.0. The fraction of sp³-hybridized carbons (Fsp3) is 0.889. The van der Waals surface area contributed by atoms with Crippen LogP contribution in [0.2, 0.25) is 0 Å². The van der Waals surface area contributed by atoms with Gasteiger partial charge in [-0.25, -0.2) is 9.59 Å². The maximum atomic E-state index is 13.2. The monoisotopic (exact) mass is 347 g/mol. The number of amides is 4. The molecule has 0 aromatic carbocycles. The SMILES string of the molecule is O=C1N[C@@H]2[C@@H]3N1CN(C1CCCCC1)CN3C(=O)N2C1CCCCC1. The maximum absolute atomic E-state index is 13.2. The van der Waals surface area contributed by atoms with Crippen molar-refractivity contribution in [3.63, 3.8) is 0 Å². The number of rotatable bonds is 2. The Morgan fingerprint density at radius 2 is 1.36 bits per heavy atom. The van der Waals surface area contributed by atoms with Gasteiger partial charge in [0.05, 0.1) is 13.3 Å². The Bertz CT molecular complexity index is 558. The highest BCUT2D eigenvalue weighted by Gasteiger charge is 2.59. The number of hydrogen-bond acceptors (Lipinski definition) is 3. The summed E-state index contributed by atoms with van der Waals surface area (Å²) in [5.74, 6) is 0. The van der Waals surface area contributed by atoms with Gasteiger partial charge in [-0.1, -0.05) is 38.5 Å². The van der Waals surface area contributed by atoms with E-state index in [0.717, 1.165) is 12.8 Å². The summed E-state index contributed by atoms with van der Waals surface area (Å²) in [5.41, 5.74) is 0. The molecule has 138 valence electrons. The third-order valence-electron chi connectivity index (χ3n) is 6.95. The lowest BCUT2D eigenvalue weighted by molar-refractivity contribution is -0.0390. The van der Waals surface area contributed by atoms with Crippen LogP contribution in [0.4, 0.5) is 9.59 Å². The fourth-order valence-electron chi connectivity index (χ4n) is 5.65. The van der Waals surface area contributed by atoms with Crippen LogP contribution in [0.1, 0.15) is 64.2 Å². The second-order valence-corrected chi connectivity index (χ2v) is 8.39. The molecule has 0 aromatic rings. The Kier molecular flexibility index (Phi) is 3.80. The Hall–Kier alpha value is -1.50. The second kappa shape index (κ2) is 6.04. The van der Waals surface area contributed by atoms with Crippen LogP contribution in [0.3, 0.4) is 0 Å². The second-order valence-electron chi connectivity index (χ2n) is 8.39. The van der Waals surface area contributed by atoms with Crippen molar-refractivity contribution in [3.8, 4) is 0 Å². The van der Waals surface area contributed by atoms with E-state index >= 15 is 0 Å². The van der Waals surface area contributed by atoms with Crippen molar-refractivity contribution in [1.29, 1.82) is 0 Å². The van der Waals surface area contributed by atoms with Crippen LogP contribution < -0.4 is 5.32 Å². The fourth-order valence-corrected chi connectivity index (χ4v) is 5.65. The van der Waals surface area contributed by atoms with Gasteiger partial charge in [-0.15, -0.1) is 0 Å². The van der Waals surface area contributed by atoms with Gasteiger partial charge in [0, 0.05) is 12.1 Å². The summed E-state index contributed by atoms with van der Waals surface area (Å²) in [6.07, 6.45) is 11.8. The highest BCUT2D eigenvalue weighted by molar-refractivity contribution is 5.85. The molecular weight excluding hydrogens is 318 g/mol. The van der Waals surface area contributed by atoms with Gasteiger partial charge in [-0.2, -0.15) is 0 Å². The van der Waals surface area contributed by atoms with Gasteiger partial charge < -0.3 is 5.32 Å². The molecule has 0 aromatic heterocycles. The molecular formula is C18H29N5O2. The van der Waals surface area contributed by atoms with Crippen LogP contribution in [0.15, 0.2) is 0 Å². The van der Waals surface area contributed by atoms with Gasteiger partial charge in [-0.05, 0) is 25.7 Å². The first-order valence-corrected chi connectivity index (χ1v) is 10.1. The number of carbonyl (C=O) groups excluding carboxylic acids is 2. The molecule has 1 N–H and O–H groups in total. The van der Waals surface area contributed by atoms with Crippen molar-refractivity contribution in [2.45, 2.75) is 88.6 Å². The molecule has 0 bridgehead atoms. The first-order valence-electron chi connectivity index (χ1n) is 10.1. The lowest BCUT2D eigenvalue weighted by Gasteiger charge is -2.45. The number of nitrogens with one attached hydrogen (secondary N) is 1. The zero-order valence-corrected chi connectivity index (χ0v) is 14.9. The van der Waals surface area contributed by atoms with Gasteiger partial charge >= 0.3 is 12.1 Å². The normalized spacial score (nSPS) is 34.6. The Morgan fingerprint density at radius 3 is 2.04 bits per heavy atom. The van der Waals surface area contributed by atoms with E-state index in [2.05, 4.69) is 10.2 Å². The minimum absolute atomic E-state index is 0.00572. The molecule has 7 heteroatoms. The lowest BCUT2D eigenvalue weighted by atomic mass is 9.94. The summed E-state index contributed by atoms with van der Waals surface area (Å²) < 4.78 is 0. The number of urea groups is 2. The van der Waals surface area contributed by atoms with Gasteiger partial charge in [0.2, 0.25) is 0 Å².